The van der Waals surface area contributed by atoms with Crippen LogP contribution < -0.4 is 5.32 Å². The Morgan fingerprint density at radius 2 is 2.18 bits per heavy atom. The molecule has 0 saturated heterocycles. The average Bonchev–Trinajstić information content (AvgIpc) is 2.97. The molecule has 0 aliphatic rings. The summed E-state index contributed by atoms with van der Waals surface area (Å²) in [5, 5.41) is 11.2. The molecule has 2 aromatic heterocycles. The van der Waals surface area contributed by atoms with Crippen LogP contribution in [0.5, 0.6) is 0 Å². The van der Waals surface area contributed by atoms with Crippen molar-refractivity contribution >= 4 is 28.6 Å². The molecule has 5 nitrogen and oxygen atoms in total. The molecular weight excluding hydrogens is 274 g/mol. The lowest BCUT2D eigenvalue weighted by molar-refractivity contribution is 1.09. The topological polar surface area (TPSA) is 66.5 Å². The first-order valence-corrected chi connectivity index (χ1v) is 7.00. The van der Waals surface area contributed by atoms with Crippen molar-refractivity contribution in [1.82, 2.24) is 20.2 Å². The van der Waals surface area contributed by atoms with E-state index >= 15 is 0 Å². The van der Waals surface area contributed by atoms with Gasteiger partial charge in [-0.15, -0.1) is 0 Å². The standard InChI is InChI=1S/C17H17N5/c1-4-11(2)7-13-9-18-17(20-12(13)3)21-15-5-6-16-14(8-15)10-19-22-16/h4-10H,1H2,2-3H3,(H,19,22)(H,18,20,21)/b11-7-. The van der Waals surface area contributed by atoms with Gasteiger partial charge >= 0.3 is 0 Å². The van der Waals surface area contributed by atoms with E-state index in [2.05, 4.69) is 32.1 Å². The zero-order valence-electron chi connectivity index (χ0n) is 12.6. The fraction of sp³-hybridized carbons (Fsp3) is 0.118. The van der Waals surface area contributed by atoms with Crippen LogP contribution in [0.25, 0.3) is 17.0 Å². The van der Waals surface area contributed by atoms with Crippen LogP contribution in [-0.4, -0.2) is 20.2 Å². The number of hydrogen-bond donors (Lipinski definition) is 2. The van der Waals surface area contributed by atoms with E-state index in [4.69, 9.17) is 0 Å². The summed E-state index contributed by atoms with van der Waals surface area (Å²) in [7, 11) is 0. The predicted octanol–water partition coefficient (Wildman–Crippen LogP) is 3.99. The van der Waals surface area contributed by atoms with Crippen molar-refractivity contribution in [1.29, 1.82) is 0 Å². The highest BCUT2D eigenvalue weighted by Gasteiger charge is 2.03. The maximum absolute atomic E-state index is 4.50. The van der Waals surface area contributed by atoms with Crippen molar-refractivity contribution in [2.24, 2.45) is 0 Å². The molecule has 110 valence electrons. The number of allylic oxidation sites excluding steroid dienone is 2. The van der Waals surface area contributed by atoms with Gasteiger partial charge in [0.25, 0.3) is 0 Å². The highest BCUT2D eigenvalue weighted by molar-refractivity contribution is 5.82. The maximum Gasteiger partial charge on any atom is 0.227 e. The molecule has 0 unspecified atom stereocenters. The molecule has 0 fully saturated rings. The Labute approximate surface area is 128 Å². The van der Waals surface area contributed by atoms with Gasteiger partial charge in [0.2, 0.25) is 5.95 Å². The molecule has 2 N–H and O–H groups in total. The maximum atomic E-state index is 4.50. The van der Waals surface area contributed by atoms with E-state index in [-0.39, 0.29) is 0 Å². The molecule has 0 atom stereocenters. The molecule has 0 bridgehead atoms. The van der Waals surface area contributed by atoms with E-state index in [0.717, 1.165) is 33.4 Å². The third-order valence-electron chi connectivity index (χ3n) is 3.42. The number of aryl methyl sites for hydroxylation is 1. The normalized spacial score (nSPS) is 11.6. The van der Waals surface area contributed by atoms with Crippen molar-refractivity contribution in [3.8, 4) is 0 Å². The van der Waals surface area contributed by atoms with Crippen LogP contribution in [0.15, 0.2) is 48.8 Å². The van der Waals surface area contributed by atoms with Crippen LogP contribution in [0.3, 0.4) is 0 Å². The summed E-state index contributed by atoms with van der Waals surface area (Å²) in [5.74, 6) is 0.578. The number of aromatic nitrogens is 4. The second-order valence-corrected chi connectivity index (χ2v) is 5.12. The molecule has 2 heterocycles. The average molecular weight is 291 g/mol. The van der Waals surface area contributed by atoms with Crippen LogP contribution >= 0.6 is 0 Å². The monoisotopic (exact) mass is 291 g/mol. The number of benzene rings is 1. The Morgan fingerprint density at radius 1 is 1.32 bits per heavy atom. The zero-order chi connectivity index (χ0) is 15.5. The molecule has 5 heteroatoms. The number of aromatic amines is 1. The number of H-pyrrole nitrogens is 1. The number of nitrogens with zero attached hydrogens (tertiary/aromatic N) is 3. The van der Waals surface area contributed by atoms with E-state index in [9.17, 15) is 0 Å². The molecule has 3 aromatic rings. The van der Waals surface area contributed by atoms with Gasteiger partial charge in [-0.25, -0.2) is 9.97 Å². The van der Waals surface area contributed by atoms with Gasteiger partial charge in [0, 0.05) is 22.8 Å². The number of rotatable bonds is 4. The lowest BCUT2D eigenvalue weighted by Gasteiger charge is -2.07. The van der Waals surface area contributed by atoms with Crippen molar-refractivity contribution in [2.45, 2.75) is 13.8 Å². The van der Waals surface area contributed by atoms with Crippen LogP contribution in [0.1, 0.15) is 18.2 Å². The Morgan fingerprint density at radius 3 is 2.95 bits per heavy atom. The van der Waals surface area contributed by atoms with Gasteiger partial charge in [0.05, 0.1) is 17.4 Å². The minimum absolute atomic E-state index is 0.578. The molecule has 22 heavy (non-hydrogen) atoms. The Balaban J connectivity index is 1.86. The largest absolute Gasteiger partial charge is 0.324 e. The summed E-state index contributed by atoms with van der Waals surface area (Å²) in [5.41, 5.74) is 4.93. The molecule has 0 aliphatic carbocycles. The molecule has 0 radical (unpaired) electrons. The molecule has 0 saturated carbocycles. The van der Waals surface area contributed by atoms with Gasteiger partial charge in [0.1, 0.15) is 0 Å². The summed E-state index contributed by atoms with van der Waals surface area (Å²) in [6.07, 6.45) is 7.43. The van der Waals surface area contributed by atoms with E-state index in [1.807, 2.05) is 50.4 Å². The molecular formula is C17H17N5. The van der Waals surface area contributed by atoms with Gasteiger partial charge in [-0.05, 0) is 38.1 Å². The van der Waals surface area contributed by atoms with E-state index in [1.165, 1.54) is 0 Å². The van der Waals surface area contributed by atoms with E-state index in [1.54, 1.807) is 6.20 Å². The smallest absolute Gasteiger partial charge is 0.227 e. The summed E-state index contributed by atoms with van der Waals surface area (Å²) >= 11 is 0. The summed E-state index contributed by atoms with van der Waals surface area (Å²) < 4.78 is 0. The Kier molecular flexibility index (Phi) is 3.70. The van der Waals surface area contributed by atoms with Gasteiger partial charge in [-0.2, -0.15) is 5.10 Å². The van der Waals surface area contributed by atoms with Crippen LogP contribution in [0, 0.1) is 6.92 Å². The third kappa shape index (κ3) is 2.88. The lowest BCUT2D eigenvalue weighted by atomic mass is 10.1. The quantitative estimate of drug-likeness (QED) is 0.713. The lowest BCUT2D eigenvalue weighted by Crippen LogP contribution is -1.99. The number of nitrogens with one attached hydrogen (secondary N) is 2. The highest BCUT2D eigenvalue weighted by atomic mass is 15.1. The number of hydrogen-bond acceptors (Lipinski definition) is 4. The minimum Gasteiger partial charge on any atom is -0.324 e. The first-order valence-electron chi connectivity index (χ1n) is 7.00. The SMILES string of the molecule is C=C/C(C)=C\c1cnc(Nc2ccc3[nH]ncc3c2)nc1C. The van der Waals surface area contributed by atoms with Gasteiger partial charge < -0.3 is 5.32 Å². The van der Waals surface area contributed by atoms with Crippen LogP contribution in [0.4, 0.5) is 11.6 Å². The van der Waals surface area contributed by atoms with Crippen molar-refractivity contribution in [2.75, 3.05) is 5.32 Å². The van der Waals surface area contributed by atoms with Gasteiger partial charge in [-0.3, -0.25) is 5.10 Å². The second kappa shape index (κ2) is 5.81. The number of fused-ring (bicyclic) bond motifs is 1. The van der Waals surface area contributed by atoms with E-state index < -0.39 is 0 Å². The van der Waals surface area contributed by atoms with Crippen molar-refractivity contribution in [3.63, 3.8) is 0 Å². The van der Waals surface area contributed by atoms with Crippen LogP contribution in [-0.2, 0) is 0 Å². The Hall–Kier alpha value is -2.95. The second-order valence-electron chi connectivity index (χ2n) is 5.12. The molecule has 3 rings (SSSR count). The summed E-state index contributed by atoms with van der Waals surface area (Å²) in [6, 6.07) is 5.95. The fourth-order valence-corrected chi connectivity index (χ4v) is 2.13. The van der Waals surface area contributed by atoms with E-state index in [0.29, 0.717) is 5.95 Å². The summed E-state index contributed by atoms with van der Waals surface area (Å²) in [6.45, 7) is 7.72. The minimum atomic E-state index is 0.578. The third-order valence-corrected chi connectivity index (χ3v) is 3.42. The van der Waals surface area contributed by atoms with Gasteiger partial charge in [-0.1, -0.05) is 18.2 Å². The predicted molar refractivity (Wildman–Crippen MR) is 90.0 cm³/mol. The molecule has 1 aromatic carbocycles. The highest BCUT2D eigenvalue weighted by Crippen LogP contribution is 2.20. The zero-order valence-corrected chi connectivity index (χ0v) is 12.6. The first-order chi connectivity index (χ1) is 10.7. The summed E-state index contributed by atoms with van der Waals surface area (Å²) in [4.78, 5) is 8.86. The van der Waals surface area contributed by atoms with Gasteiger partial charge in [0.15, 0.2) is 0 Å². The molecule has 0 amide bonds. The van der Waals surface area contributed by atoms with Crippen molar-refractivity contribution < 1.29 is 0 Å². The first kappa shape index (κ1) is 14.0. The molecule has 0 spiro atoms. The molecule has 0 aliphatic heterocycles. The fourth-order valence-electron chi connectivity index (χ4n) is 2.13. The Bertz CT molecular complexity index is 860. The van der Waals surface area contributed by atoms with Crippen LogP contribution in [0.2, 0.25) is 0 Å². The van der Waals surface area contributed by atoms with Crippen molar-refractivity contribution in [3.05, 3.63) is 60.1 Å². The number of anilines is 2.